The van der Waals surface area contributed by atoms with E-state index in [1.54, 1.807) is 0 Å². The van der Waals surface area contributed by atoms with Crippen molar-refractivity contribution >= 4 is 23.3 Å². The molecule has 0 bridgehead atoms. The molecule has 0 heterocycles. The third-order valence-corrected chi connectivity index (χ3v) is 1.99. The Bertz CT molecular complexity index is 417. The highest BCUT2D eigenvalue weighted by Gasteiger charge is 2.34. The Morgan fingerprint density at radius 1 is 1.40 bits per heavy atom. The second kappa shape index (κ2) is 3.62. The van der Waals surface area contributed by atoms with E-state index in [4.69, 9.17) is 22.4 Å². The van der Waals surface area contributed by atoms with Crippen LogP contribution in [0.3, 0.4) is 0 Å². The summed E-state index contributed by atoms with van der Waals surface area (Å²) in [6.07, 6.45) is -4.65. The Hall–Kier alpha value is -1.43. The maximum atomic E-state index is 12.3. The van der Waals surface area contributed by atoms with E-state index in [9.17, 15) is 18.0 Å². The van der Waals surface area contributed by atoms with Gasteiger partial charge in [-0.2, -0.15) is 13.2 Å². The van der Waals surface area contributed by atoms with Crippen LogP contribution in [0.4, 0.5) is 18.9 Å². The molecule has 0 aliphatic carbocycles. The Morgan fingerprint density at radius 2 is 1.93 bits per heavy atom. The summed E-state index contributed by atoms with van der Waals surface area (Å²) in [6.45, 7) is 0. The predicted molar refractivity (Wildman–Crippen MR) is 47.8 cm³/mol. The maximum Gasteiger partial charge on any atom is 0.418 e. The molecule has 0 radical (unpaired) electrons. The molecular formula is C8H5ClF3NO2. The van der Waals surface area contributed by atoms with E-state index >= 15 is 0 Å². The van der Waals surface area contributed by atoms with Crippen molar-refractivity contribution in [2.75, 3.05) is 5.73 Å². The number of halogens is 4. The molecule has 0 unspecified atom stereocenters. The van der Waals surface area contributed by atoms with Gasteiger partial charge in [-0.25, -0.2) is 4.79 Å². The zero-order chi connectivity index (χ0) is 11.8. The molecule has 7 heteroatoms. The number of rotatable bonds is 1. The largest absolute Gasteiger partial charge is 0.478 e. The van der Waals surface area contributed by atoms with Gasteiger partial charge in [-0.1, -0.05) is 11.6 Å². The highest BCUT2D eigenvalue weighted by atomic mass is 35.5. The van der Waals surface area contributed by atoms with Crippen molar-refractivity contribution in [1.82, 2.24) is 0 Å². The lowest BCUT2D eigenvalue weighted by Gasteiger charge is -2.11. The molecule has 3 N–H and O–H groups in total. The average Bonchev–Trinajstić information content (AvgIpc) is 2.06. The zero-order valence-corrected chi connectivity index (χ0v) is 7.86. The van der Waals surface area contributed by atoms with Crippen molar-refractivity contribution in [2.24, 2.45) is 0 Å². The summed E-state index contributed by atoms with van der Waals surface area (Å²) in [4.78, 5) is 10.5. The number of hydrogen-bond donors (Lipinski definition) is 2. The number of aromatic carboxylic acids is 1. The number of nitrogens with two attached hydrogens (primary N) is 1. The van der Waals surface area contributed by atoms with Crippen LogP contribution in [0.15, 0.2) is 12.1 Å². The second-order valence-electron chi connectivity index (χ2n) is 2.72. The number of alkyl halides is 3. The third-order valence-electron chi connectivity index (χ3n) is 1.68. The first kappa shape index (κ1) is 11.6. The average molecular weight is 240 g/mol. The highest BCUT2D eigenvalue weighted by molar-refractivity contribution is 6.33. The van der Waals surface area contributed by atoms with E-state index in [-0.39, 0.29) is 0 Å². The molecule has 0 spiro atoms. The van der Waals surface area contributed by atoms with Crippen LogP contribution in [0.25, 0.3) is 0 Å². The Morgan fingerprint density at radius 3 is 2.33 bits per heavy atom. The molecule has 0 aromatic heterocycles. The quantitative estimate of drug-likeness (QED) is 0.741. The minimum absolute atomic E-state index is 0.456. The van der Waals surface area contributed by atoms with Gasteiger partial charge in [-0.15, -0.1) is 0 Å². The zero-order valence-electron chi connectivity index (χ0n) is 7.10. The van der Waals surface area contributed by atoms with Gasteiger partial charge in [-0.3, -0.25) is 0 Å². The van der Waals surface area contributed by atoms with Crippen LogP contribution in [0.5, 0.6) is 0 Å². The molecule has 0 saturated carbocycles. The highest BCUT2D eigenvalue weighted by Crippen LogP contribution is 2.36. The van der Waals surface area contributed by atoms with Crippen LogP contribution in [0, 0.1) is 0 Å². The lowest BCUT2D eigenvalue weighted by Crippen LogP contribution is -2.11. The van der Waals surface area contributed by atoms with E-state index in [1.807, 2.05) is 0 Å². The summed E-state index contributed by atoms with van der Waals surface area (Å²) in [5.74, 6) is -1.43. The van der Waals surface area contributed by atoms with Crippen molar-refractivity contribution in [3.8, 4) is 0 Å². The van der Waals surface area contributed by atoms with E-state index in [0.717, 1.165) is 0 Å². The Kier molecular flexibility index (Phi) is 2.81. The van der Waals surface area contributed by atoms with Crippen LogP contribution in [-0.4, -0.2) is 11.1 Å². The van der Waals surface area contributed by atoms with Gasteiger partial charge in [0.1, 0.15) is 0 Å². The van der Waals surface area contributed by atoms with Gasteiger partial charge in [0.2, 0.25) is 0 Å². The molecule has 3 nitrogen and oxygen atoms in total. The molecule has 1 rings (SSSR count). The minimum atomic E-state index is -4.65. The first-order chi connectivity index (χ1) is 6.73. The summed E-state index contributed by atoms with van der Waals surface area (Å²) in [7, 11) is 0. The number of carboxylic acids is 1. The van der Waals surface area contributed by atoms with E-state index in [2.05, 4.69) is 0 Å². The summed E-state index contributed by atoms with van der Waals surface area (Å²) in [5, 5.41) is 8.07. The fourth-order valence-corrected chi connectivity index (χ4v) is 1.24. The molecule has 0 saturated heterocycles. The second-order valence-corrected chi connectivity index (χ2v) is 3.13. The van der Waals surface area contributed by atoms with Crippen LogP contribution in [-0.2, 0) is 6.18 Å². The molecule has 15 heavy (non-hydrogen) atoms. The molecule has 0 aliphatic heterocycles. The number of nitrogen functional groups attached to an aromatic ring is 1. The van der Waals surface area contributed by atoms with Crippen LogP contribution in [0.1, 0.15) is 15.9 Å². The Labute approximate surface area is 87.3 Å². The van der Waals surface area contributed by atoms with Crippen LogP contribution < -0.4 is 5.73 Å². The third kappa shape index (κ3) is 2.33. The van der Waals surface area contributed by atoms with Gasteiger partial charge >= 0.3 is 12.1 Å². The number of carbonyl (C=O) groups is 1. The molecule has 1 aromatic rings. The van der Waals surface area contributed by atoms with Gasteiger partial charge in [0.25, 0.3) is 0 Å². The number of carboxylic acid groups (broad SMARTS) is 1. The van der Waals surface area contributed by atoms with Gasteiger partial charge < -0.3 is 10.8 Å². The Balaban J connectivity index is 3.39. The SMILES string of the molecule is Nc1cc(C(=O)O)c(Cl)cc1C(F)(F)F. The van der Waals surface area contributed by atoms with Crippen molar-refractivity contribution in [3.05, 3.63) is 28.3 Å². The first-order valence-corrected chi connectivity index (χ1v) is 4.01. The molecule has 0 aliphatic rings. The van der Waals surface area contributed by atoms with Gasteiger partial charge in [-0.05, 0) is 12.1 Å². The lowest BCUT2D eigenvalue weighted by atomic mass is 10.1. The van der Waals surface area contributed by atoms with E-state index in [1.165, 1.54) is 0 Å². The molecule has 0 atom stereocenters. The smallest absolute Gasteiger partial charge is 0.418 e. The topological polar surface area (TPSA) is 63.3 Å². The number of hydrogen-bond acceptors (Lipinski definition) is 2. The molecule has 0 amide bonds. The monoisotopic (exact) mass is 239 g/mol. The van der Waals surface area contributed by atoms with Crippen molar-refractivity contribution in [3.63, 3.8) is 0 Å². The van der Waals surface area contributed by atoms with E-state index < -0.39 is 34.0 Å². The van der Waals surface area contributed by atoms with Crippen LogP contribution in [0.2, 0.25) is 5.02 Å². The molecular weight excluding hydrogens is 235 g/mol. The summed E-state index contributed by atoms with van der Waals surface area (Å²) < 4.78 is 36.8. The van der Waals surface area contributed by atoms with Crippen molar-refractivity contribution in [2.45, 2.75) is 6.18 Å². The predicted octanol–water partition coefficient (Wildman–Crippen LogP) is 2.64. The number of anilines is 1. The van der Waals surface area contributed by atoms with Gasteiger partial charge in [0.15, 0.2) is 0 Å². The summed E-state index contributed by atoms with van der Waals surface area (Å²) in [6, 6.07) is 1.19. The maximum absolute atomic E-state index is 12.3. The number of benzene rings is 1. The normalized spacial score (nSPS) is 11.5. The molecule has 82 valence electrons. The lowest BCUT2D eigenvalue weighted by molar-refractivity contribution is -0.136. The molecule has 0 fully saturated rings. The van der Waals surface area contributed by atoms with Crippen molar-refractivity contribution in [1.29, 1.82) is 0 Å². The summed E-state index contributed by atoms with van der Waals surface area (Å²) >= 11 is 5.37. The van der Waals surface area contributed by atoms with Crippen LogP contribution >= 0.6 is 11.6 Å². The fraction of sp³-hybridized carbons (Fsp3) is 0.125. The minimum Gasteiger partial charge on any atom is -0.478 e. The first-order valence-electron chi connectivity index (χ1n) is 3.63. The van der Waals surface area contributed by atoms with Crippen molar-refractivity contribution < 1.29 is 23.1 Å². The van der Waals surface area contributed by atoms with Gasteiger partial charge in [0.05, 0.1) is 16.1 Å². The molecule has 1 aromatic carbocycles. The van der Waals surface area contributed by atoms with Gasteiger partial charge in [0, 0.05) is 5.69 Å². The fourth-order valence-electron chi connectivity index (χ4n) is 0.999. The standard InChI is InChI=1S/C8H5ClF3NO2/c9-5-2-4(8(10,11)12)6(13)1-3(5)7(14)15/h1-2H,13H2,(H,14,15). The summed E-state index contributed by atoms with van der Waals surface area (Å²) in [5.41, 5.74) is 2.81. The van der Waals surface area contributed by atoms with E-state index in [0.29, 0.717) is 12.1 Å².